The van der Waals surface area contributed by atoms with E-state index in [0.717, 1.165) is 31.2 Å². The van der Waals surface area contributed by atoms with Crippen LogP contribution in [0.25, 0.3) is 0 Å². The van der Waals surface area contributed by atoms with Crippen molar-refractivity contribution in [2.75, 3.05) is 26.7 Å². The van der Waals surface area contributed by atoms with Crippen LogP contribution in [0.3, 0.4) is 0 Å². The van der Waals surface area contributed by atoms with Crippen LogP contribution in [0.5, 0.6) is 0 Å². The Kier molecular flexibility index (Phi) is 6.68. The number of carbonyl (C=O) groups excluding carboxylic acids is 3. The Labute approximate surface area is 178 Å². The normalized spacial score (nSPS) is 19.2. The van der Waals surface area contributed by atoms with E-state index in [-0.39, 0.29) is 30.4 Å². The number of hydrogen-bond donors (Lipinski definition) is 0. The maximum atomic E-state index is 13.0. The topological polar surface area (TPSA) is 76.2 Å². The van der Waals surface area contributed by atoms with Crippen molar-refractivity contribution in [3.63, 3.8) is 0 Å². The summed E-state index contributed by atoms with van der Waals surface area (Å²) in [7, 11) is 1.37. The Bertz CT molecular complexity index is 797. The van der Waals surface area contributed by atoms with Gasteiger partial charge in [0.1, 0.15) is 12.1 Å². The van der Waals surface area contributed by atoms with Crippen LogP contribution in [0.1, 0.15) is 68.3 Å². The summed E-state index contributed by atoms with van der Waals surface area (Å²) in [6.07, 6.45) is 3.24. The quantitative estimate of drug-likeness (QED) is 0.686. The van der Waals surface area contributed by atoms with Gasteiger partial charge in [-0.15, -0.1) is 0 Å². The number of carbonyl (C=O) groups is 3. The van der Waals surface area contributed by atoms with Gasteiger partial charge in [-0.2, -0.15) is 0 Å². The molecule has 0 N–H and O–H groups in total. The van der Waals surface area contributed by atoms with Crippen molar-refractivity contribution in [1.82, 2.24) is 9.80 Å². The first kappa shape index (κ1) is 22.1. The predicted molar refractivity (Wildman–Crippen MR) is 112 cm³/mol. The Hall–Kier alpha value is -2.57. The maximum Gasteiger partial charge on any atom is 0.411 e. The van der Waals surface area contributed by atoms with Gasteiger partial charge in [0, 0.05) is 25.0 Å². The molecular formula is C23H32N2O5. The van der Waals surface area contributed by atoms with E-state index in [9.17, 15) is 14.4 Å². The first-order valence-corrected chi connectivity index (χ1v) is 10.6. The Morgan fingerprint density at radius 3 is 2.53 bits per heavy atom. The molecule has 1 aliphatic carbocycles. The van der Waals surface area contributed by atoms with Gasteiger partial charge in [-0.3, -0.25) is 9.69 Å². The largest absolute Gasteiger partial charge is 0.465 e. The van der Waals surface area contributed by atoms with Crippen LogP contribution in [0.2, 0.25) is 0 Å². The molecule has 1 saturated heterocycles. The number of piperidine rings is 1. The average Bonchev–Trinajstić information content (AvgIpc) is 3.55. The monoisotopic (exact) mass is 416 g/mol. The second kappa shape index (κ2) is 9.06. The number of hydrogen-bond acceptors (Lipinski definition) is 5. The summed E-state index contributed by atoms with van der Waals surface area (Å²) in [5, 5.41) is 0. The van der Waals surface area contributed by atoms with Crippen LogP contribution in [-0.4, -0.2) is 66.2 Å². The number of rotatable bonds is 5. The molecule has 1 saturated carbocycles. The average molecular weight is 417 g/mol. The molecule has 0 bridgehead atoms. The highest BCUT2D eigenvalue weighted by Gasteiger charge is 2.37. The molecule has 164 valence electrons. The summed E-state index contributed by atoms with van der Waals surface area (Å²) in [6.45, 7) is 6.80. The van der Waals surface area contributed by atoms with E-state index < -0.39 is 11.7 Å². The Balaban J connectivity index is 1.65. The molecule has 1 aliphatic heterocycles. The molecule has 3 rings (SSSR count). The van der Waals surface area contributed by atoms with Crippen molar-refractivity contribution in [1.29, 1.82) is 0 Å². The Morgan fingerprint density at radius 1 is 1.17 bits per heavy atom. The SMILES string of the molecule is COC(=O)c1cccc([C@H]2CCCN(C(=O)CN(C(=O)OC(C)(C)C)C3CC3)C2)c1. The minimum absolute atomic E-state index is 0.0501. The molecule has 7 heteroatoms. The third-order valence-corrected chi connectivity index (χ3v) is 5.47. The highest BCUT2D eigenvalue weighted by molar-refractivity contribution is 5.89. The number of methoxy groups -OCH3 is 1. The van der Waals surface area contributed by atoms with E-state index in [4.69, 9.17) is 9.47 Å². The molecule has 2 aliphatic rings. The molecule has 2 amide bonds. The third kappa shape index (κ3) is 5.74. The number of amides is 2. The second-order valence-electron chi connectivity index (χ2n) is 9.14. The molecule has 0 spiro atoms. The maximum absolute atomic E-state index is 13.0. The lowest BCUT2D eigenvalue weighted by Crippen LogP contribution is -2.48. The first-order valence-electron chi connectivity index (χ1n) is 10.6. The fraction of sp³-hybridized carbons (Fsp3) is 0.609. The zero-order chi connectivity index (χ0) is 21.9. The van der Waals surface area contributed by atoms with E-state index in [2.05, 4.69) is 0 Å². The molecule has 7 nitrogen and oxygen atoms in total. The smallest absolute Gasteiger partial charge is 0.411 e. The standard InChI is InChI=1S/C23H32N2O5/c1-23(2,3)30-22(28)25(19-10-11-19)15-20(26)24-12-6-9-18(14-24)16-7-5-8-17(13-16)21(27)29-4/h5,7-8,13,18-19H,6,9-12,14-15H2,1-4H3/t18-/m0/s1. The van der Waals surface area contributed by atoms with Crippen molar-refractivity contribution in [2.45, 2.75) is 64.0 Å². The first-order chi connectivity index (χ1) is 14.2. The van der Waals surface area contributed by atoms with Crippen LogP contribution < -0.4 is 0 Å². The number of likely N-dealkylation sites (tertiary alicyclic amines) is 1. The minimum Gasteiger partial charge on any atom is -0.465 e. The van der Waals surface area contributed by atoms with Crippen molar-refractivity contribution < 1.29 is 23.9 Å². The van der Waals surface area contributed by atoms with Gasteiger partial charge in [0.05, 0.1) is 12.7 Å². The van der Waals surface area contributed by atoms with Gasteiger partial charge in [0.15, 0.2) is 0 Å². The van der Waals surface area contributed by atoms with E-state index in [1.54, 1.807) is 11.0 Å². The molecule has 0 radical (unpaired) electrons. The van der Waals surface area contributed by atoms with E-state index in [0.29, 0.717) is 18.7 Å². The van der Waals surface area contributed by atoms with Gasteiger partial charge in [0.2, 0.25) is 5.91 Å². The lowest BCUT2D eigenvalue weighted by molar-refractivity contribution is -0.133. The fourth-order valence-electron chi connectivity index (χ4n) is 3.81. The molecular weight excluding hydrogens is 384 g/mol. The van der Waals surface area contributed by atoms with Gasteiger partial charge < -0.3 is 14.4 Å². The summed E-state index contributed by atoms with van der Waals surface area (Å²) in [4.78, 5) is 40.8. The van der Waals surface area contributed by atoms with Gasteiger partial charge in [0.25, 0.3) is 0 Å². The Morgan fingerprint density at radius 2 is 1.90 bits per heavy atom. The molecule has 1 aromatic carbocycles. The molecule has 0 aromatic heterocycles. The van der Waals surface area contributed by atoms with E-state index in [1.807, 2.05) is 43.9 Å². The third-order valence-electron chi connectivity index (χ3n) is 5.47. The van der Waals surface area contributed by atoms with Crippen molar-refractivity contribution in [2.24, 2.45) is 0 Å². The summed E-state index contributed by atoms with van der Waals surface area (Å²) in [5.74, 6) is -0.261. The van der Waals surface area contributed by atoms with E-state index in [1.165, 1.54) is 7.11 Å². The van der Waals surface area contributed by atoms with Crippen molar-refractivity contribution in [3.05, 3.63) is 35.4 Å². The summed E-state index contributed by atoms with van der Waals surface area (Å²) >= 11 is 0. The molecule has 1 aromatic rings. The second-order valence-corrected chi connectivity index (χ2v) is 9.14. The summed E-state index contributed by atoms with van der Waals surface area (Å²) in [5.41, 5.74) is 0.957. The zero-order valence-corrected chi connectivity index (χ0v) is 18.3. The lowest BCUT2D eigenvalue weighted by Gasteiger charge is -2.35. The number of nitrogens with zero attached hydrogens (tertiary/aromatic N) is 2. The van der Waals surface area contributed by atoms with Crippen molar-refractivity contribution in [3.8, 4) is 0 Å². The van der Waals surface area contributed by atoms with Gasteiger partial charge in [-0.1, -0.05) is 12.1 Å². The van der Waals surface area contributed by atoms with Crippen LogP contribution in [0, 0.1) is 0 Å². The van der Waals surface area contributed by atoms with Crippen LogP contribution >= 0.6 is 0 Å². The predicted octanol–water partition coefficient (Wildman–Crippen LogP) is 3.58. The highest BCUT2D eigenvalue weighted by Crippen LogP contribution is 2.30. The molecule has 0 unspecified atom stereocenters. The number of ether oxygens (including phenoxy) is 2. The summed E-state index contributed by atoms with van der Waals surface area (Å²) in [6, 6.07) is 7.51. The molecule has 1 heterocycles. The van der Waals surface area contributed by atoms with Crippen molar-refractivity contribution >= 4 is 18.0 Å². The van der Waals surface area contributed by atoms with Crippen LogP contribution in [-0.2, 0) is 14.3 Å². The van der Waals surface area contributed by atoms with Gasteiger partial charge >= 0.3 is 12.1 Å². The van der Waals surface area contributed by atoms with Gasteiger partial charge in [-0.25, -0.2) is 9.59 Å². The molecule has 1 atom stereocenters. The summed E-state index contributed by atoms with van der Waals surface area (Å²) < 4.78 is 10.3. The zero-order valence-electron chi connectivity index (χ0n) is 18.3. The lowest BCUT2D eigenvalue weighted by atomic mass is 9.89. The molecule has 30 heavy (non-hydrogen) atoms. The van der Waals surface area contributed by atoms with Crippen LogP contribution in [0.15, 0.2) is 24.3 Å². The highest BCUT2D eigenvalue weighted by atomic mass is 16.6. The minimum atomic E-state index is -0.589. The fourth-order valence-corrected chi connectivity index (χ4v) is 3.81. The van der Waals surface area contributed by atoms with E-state index >= 15 is 0 Å². The van der Waals surface area contributed by atoms with Gasteiger partial charge in [-0.05, 0) is 64.2 Å². The molecule has 2 fully saturated rings. The number of benzene rings is 1. The number of esters is 1. The van der Waals surface area contributed by atoms with Crippen LogP contribution in [0.4, 0.5) is 4.79 Å².